The molecule has 0 aliphatic heterocycles. The summed E-state index contributed by atoms with van der Waals surface area (Å²) in [6, 6.07) is 52.4. The number of carbonyl (C=O) groups is 8. The van der Waals surface area contributed by atoms with E-state index in [0.29, 0.717) is 94.7 Å². The van der Waals surface area contributed by atoms with Crippen molar-refractivity contribution in [3.8, 4) is 46.0 Å². The van der Waals surface area contributed by atoms with Gasteiger partial charge in [-0.1, -0.05) is 37.1 Å². The number of rotatable bonds is 43. The van der Waals surface area contributed by atoms with Crippen LogP contribution in [-0.4, -0.2) is 134 Å². The summed E-state index contributed by atoms with van der Waals surface area (Å²) in [5.74, 6) is 0.201. The number of aliphatic hydroxyl groups is 2. The molecular weight excluding hydrogens is 1610 g/mol. The third kappa shape index (κ3) is 35.2. The molecule has 0 heterocycles. The van der Waals surface area contributed by atoms with E-state index in [0.717, 1.165) is 125 Å². The van der Waals surface area contributed by atoms with Crippen molar-refractivity contribution in [2.24, 2.45) is 0 Å². The van der Waals surface area contributed by atoms with E-state index in [1.165, 1.54) is 62.4 Å². The molecule has 0 atom stereocenters. The Morgan fingerprint density at radius 3 is 0.651 bits per heavy atom. The van der Waals surface area contributed by atoms with Crippen LogP contribution in [-0.2, 0) is 65.4 Å². The molecule has 109 heavy (non-hydrogen) atoms. The number of ether oxygens (including phenoxy) is 8. The zero-order chi connectivity index (χ0) is 78.3. The summed E-state index contributed by atoms with van der Waals surface area (Å²) in [6.07, 6.45) is 15.1. The monoisotopic (exact) mass is 1710 g/mol. The zero-order valence-corrected chi connectivity index (χ0v) is 65.8. The normalized spacial score (nSPS) is 10.6. The molecule has 8 rings (SSSR count). The van der Waals surface area contributed by atoms with Crippen LogP contribution in [0.1, 0.15) is 190 Å². The predicted octanol–water partition coefficient (Wildman–Crippen LogP) is 16.2. The summed E-state index contributed by atoms with van der Waals surface area (Å²) in [5, 5.41) is 35.8. The van der Waals surface area contributed by atoms with Crippen LogP contribution >= 0.6 is 0 Å². The van der Waals surface area contributed by atoms with Gasteiger partial charge in [0, 0.05) is 60.4 Å². The second-order valence-corrected chi connectivity index (χ2v) is 25.3. The molecule has 0 unspecified atom stereocenters. The van der Waals surface area contributed by atoms with Gasteiger partial charge in [0.05, 0.1) is 53.9 Å². The Balaban J connectivity index is 0.000000319. The topological polar surface area (TPSA) is 291 Å². The second-order valence-electron chi connectivity index (χ2n) is 24.5. The number of methoxy groups -OCH3 is 2. The van der Waals surface area contributed by atoms with Crippen molar-refractivity contribution in [1.82, 2.24) is 0 Å². The van der Waals surface area contributed by atoms with Crippen molar-refractivity contribution < 1.29 is 118 Å². The van der Waals surface area contributed by atoms with Gasteiger partial charge in [-0.25, -0.2) is 0 Å². The molecule has 8 aromatic carbocycles. The zero-order valence-electron chi connectivity index (χ0n) is 61.9. The summed E-state index contributed by atoms with van der Waals surface area (Å²) < 4.78 is 42.8. The van der Waals surface area contributed by atoms with Crippen LogP contribution in [0, 0.1) is 0 Å². The van der Waals surface area contributed by atoms with E-state index in [2.05, 4.69) is 0 Å². The van der Waals surface area contributed by atoms with Gasteiger partial charge in [0.15, 0.2) is 0 Å². The van der Waals surface area contributed by atoms with E-state index in [-0.39, 0.29) is 68.8 Å². The summed E-state index contributed by atoms with van der Waals surface area (Å²) in [7, 11) is 3.08. The number of aliphatic hydroxyl groups excluding tert-OH is 2. The molecule has 0 radical (unpaired) electrons. The van der Waals surface area contributed by atoms with E-state index in [1.807, 2.05) is 48.5 Å². The number of phenolic OH excluding ortho intramolecular Hbond substituents is 2. The smallest absolute Gasteiger partial charge is 0.781 e. The van der Waals surface area contributed by atoms with Crippen LogP contribution < -0.4 is 28.4 Å². The first-order chi connectivity index (χ1) is 52.2. The van der Waals surface area contributed by atoms with Gasteiger partial charge in [0.25, 0.3) is 0 Å². The van der Waals surface area contributed by atoms with E-state index in [1.54, 1.807) is 111 Å². The Kier molecular flexibility index (Phi) is 44.3. The van der Waals surface area contributed by atoms with Crippen molar-refractivity contribution >= 4 is 81.7 Å². The standard InChI is InChI=1S/C30H38O8.C26H36O4S2.C16H14O4.C14H10O4.Pt/c1-23(31)35-19-7-3-5-9-21-37-27-15-11-25(12-16-27)29(33)30(34)26-13-17-28(18-14-26)38-22-10-6-4-8-20-36-24(2)32;27-17-5-1-3-7-19-29-23-13-9-21(10-14-23)25(31)26(32)22-11-15-24(16-12-22)30-20-8-4-2-6-18-28;1-19-13-7-3-11(4-8-13)15(17)16(18)12-5-9-14(20-2)10-6-12;15-11-5-1-9(2-6-11)13(17)14(18)10-3-7-12(16)8-4-10;/h11-18H,3-10,19-22H2,1-2H3;9-16,27-28,31-32H,1-8,17-20H2;3-10H,1-2H3;1-8,15-16H;/q;;;;+2/p-2. The first kappa shape index (κ1) is 91.3. The molecule has 4 N–H and O–H groups in total. The van der Waals surface area contributed by atoms with Gasteiger partial charge in [-0.3, -0.25) is 38.4 Å². The second kappa shape index (κ2) is 52.8. The van der Waals surface area contributed by atoms with Gasteiger partial charge in [-0.2, -0.15) is 9.81 Å². The van der Waals surface area contributed by atoms with Gasteiger partial charge in [0.2, 0.25) is 34.7 Å². The van der Waals surface area contributed by atoms with Crippen molar-refractivity contribution in [3.05, 3.63) is 239 Å². The molecule has 8 aromatic rings. The minimum Gasteiger partial charge on any atom is -0.781 e. The third-order valence-corrected chi connectivity index (χ3v) is 17.1. The summed E-state index contributed by atoms with van der Waals surface area (Å²) in [5.41, 5.74) is 3.53. The van der Waals surface area contributed by atoms with Crippen molar-refractivity contribution in [1.29, 1.82) is 0 Å². The van der Waals surface area contributed by atoms with Crippen molar-refractivity contribution in [2.75, 3.05) is 67.1 Å². The molecule has 0 aliphatic rings. The molecule has 20 nitrogen and oxygen atoms in total. The predicted molar refractivity (Wildman–Crippen MR) is 419 cm³/mol. The van der Waals surface area contributed by atoms with Gasteiger partial charge in [-0.15, -0.1) is 0 Å². The number of hydrogen-bond acceptors (Lipinski definition) is 22. The van der Waals surface area contributed by atoms with Gasteiger partial charge < -0.3 is 83.6 Å². The van der Waals surface area contributed by atoms with Crippen molar-refractivity contribution in [3.63, 3.8) is 0 Å². The third-order valence-electron chi connectivity index (χ3n) is 16.1. The SMILES string of the molecule is CC(=O)OCCCCCCOc1ccc(C(=O)C(=O)c2ccc(OCCCCCCOC(C)=O)cc2)cc1.COc1ccc(C(=O)C(=O)c2ccc(OC)cc2)cc1.O=C(C(=O)c1ccc(O)cc1)c1ccc(O)cc1.OCCCCCCOc1ccc(C([S-])=C([S-])c2ccc(OCCCCCCO)cc2)cc1.[Pt+2]. The largest absolute Gasteiger partial charge is 2.00 e. The molecule has 0 spiro atoms. The Hall–Kier alpha value is -10.1. The molecule has 0 amide bonds. The Labute approximate surface area is 663 Å². The number of aromatic hydroxyl groups is 2. The maximum atomic E-state index is 12.6. The average Bonchev–Trinajstić information content (AvgIpc) is 0.863. The van der Waals surface area contributed by atoms with E-state index in [9.17, 15) is 38.4 Å². The molecule has 0 fully saturated rings. The van der Waals surface area contributed by atoms with Gasteiger partial charge in [0.1, 0.15) is 46.0 Å². The number of phenols is 2. The minimum atomic E-state index is -0.652. The fourth-order valence-electron chi connectivity index (χ4n) is 10.0. The fourth-order valence-corrected chi connectivity index (χ4v) is 10.5. The molecular formula is C86H96O20PtS2. The van der Waals surface area contributed by atoms with Crippen LogP contribution in [0.5, 0.6) is 46.0 Å². The first-order valence-electron chi connectivity index (χ1n) is 35.9. The van der Waals surface area contributed by atoms with Crippen molar-refractivity contribution in [2.45, 2.75) is 117 Å². The summed E-state index contributed by atoms with van der Waals surface area (Å²) in [6.45, 7) is 6.65. The number of esters is 2. The van der Waals surface area contributed by atoms with Crippen LogP contribution in [0.3, 0.4) is 0 Å². The first-order valence-corrected chi connectivity index (χ1v) is 36.7. The summed E-state index contributed by atoms with van der Waals surface area (Å²) in [4.78, 5) is 95.9. The molecule has 0 saturated carbocycles. The minimum absolute atomic E-state index is 0. The number of unbranched alkanes of at least 4 members (excludes halogenated alkanes) is 12. The van der Waals surface area contributed by atoms with Crippen LogP contribution in [0.15, 0.2) is 194 Å². The van der Waals surface area contributed by atoms with Crippen LogP contribution in [0.25, 0.3) is 9.81 Å². The number of Topliss-reactive ketones (excluding diaryl/α,β-unsaturated/α-hetero) is 6. The van der Waals surface area contributed by atoms with Gasteiger partial charge >= 0.3 is 33.0 Å². The molecule has 0 aromatic heterocycles. The molecule has 0 bridgehead atoms. The summed E-state index contributed by atoms with van der Waals surface area (Å²) >= 11 is 11.2. The van der Waals surface area contributed by atoms with E-state index in [4.69, 9.17) is 83.6 Å². The molecule has 582 valence electrons. The number of benzene rings is 8. The molecule has 0 aliphatic carbocycles. The molecule has 0 saturated heterocycles. The average molecular weight is 1710 g/mol. The quantitative estimate of drug-likeness (QED) is 0.00689. The number of ketones is 6. The Morgan fingerprint density at radius 1 is 0.266 bits per heavy atom. The number of hydrogen-bond donors (Lipinski definition) is 4. The Morgan fingerprint density at radius 2 is 0.450 bits per heavy atom. The van der Waals surface area contributed by atoms with Crippen LogP contribution in [0.4, 0.5) is 0 Å². The van der Waals surface area contributed by atoms with E-state index >= 15 is 0 Å². The van der Waals surface area contributed by atoms with Crippen LogP contribution in [0.2, 0.25) is 0 Å². The Bertz CT molecular complexity index is 3790. The van der Waals surface area contributed by atoms with Gasteiger partial charge in [-0.05, 0) is 271 Å². The maximum absolute atomic E-state index is 12.6. The van der Waals surface area contributed by atoms with E-state index < -0.39 is 34.7 Å². The molecule has 23 heteroatoms. The number of carbonyl (C=O) groups excluding carboxylic acids is 8. The fraction of sp³-hybridized carbons (Fsp3) is 0.326. The maximum Gasteiger partial charge on any atom is 2.00 e.